The van der Waals surface area contributed by atoms with Crippen LogP contribution in [0.5, 0.6) is 0 Å². The number of benzene rings is 1. The molecule has 0 amide bonds. The molecule has 0 unspecified atom stereocenters. The molecule has 0 N–H and O–H groups in total. The number of hydrogen-bond acceptors (Lipinski definition) is 1. The average molecular weight is 221 g/mol. The molecular weight excluding hydrogens is 201 g/mol. The molecule has 0 bridgehead atoms. The highest BCUT2D eigenvalue weighted by Gasteiger charge is 2.12. The Morgan fingerprint density at radius 3 is 2.56 bits per heavy atom. The molecular formula is C14H20FN. The first-order chi connectivity index (χ1) is 7.79. The van der Waals surface area contributed by atoms with Crippen LogP contribution < -0.4 is 0 Å². The van der Waals surface area contributed by atoms with E-state index in [-0.39, 0.29) is 5.82 Å². The zero-order chi connectivity index (χ0) is 11.4. The summed E-state index contributed by atoms with van der Waals surface area (Å²) in [5.41, 5.74) is 1.93. The van der Waals surface area contributed by atoms with Crippen LogP contribution in [0, 0.1) is 5.82 Å². The van der Waals surface area contributed by atoms with E-state index in [1.54, 1.807) is 6.07 Å². The molecule has 0 radical (unpaired) electrons. The molecule has 1 saturated heterocycles. The number of likely N-dealkylation sites (tertiary alicyclic amines) is 1. The lowest BCUT2D eigenvalue weighted by Crippen LogP contribution is -2.29. The second-order valence-corrected chi connectivity index (χ2v) is 4.62. The van der Waals surface area contributed by atoms with E-state index in [4.69, 9.17) is 0 Å². The van der Waals surface area contributed by atoms with Crippen molar-refractivity contribution in [2.75, 3.05) is 13.1 Å². The molecule has 1 aromatic rings. The van der Waals surface area contributed by atoms with Gasteiger partial charge in [-0.2, -0.15) is 0 Å². The van der Waals surface area contributed by atoms with Crippen LogP contribution in [-0.2, 0) is 13.0 Å². The fourth-order valence-electron chi connectivity index (χ4n) is 2.30. The van der Waals surface area contributed by atoms with E-state index in [0.29, 0.717) is 0 Å². The summed E-state index contributed by atoms with van der Waals surface area (Å²) in [7, 11) is 0. The monoisotopic (exact) mass is 221 g/mol. The van der Waals surface area contributed by atoms with Crippen LogP contribution in [0.4, 0.5) is 4.39 Å². The van der Waals surface area contributed by atoms with Crippen molar-refractivity contribution in [2.45, 2.75) is 39.2 Å². The summed E-state index contributed by atoms with van der Waals surface area (Å²) in [6.45, 7) is 5.07. The number of nitrogens with zero attached hydrogens (tertiary/aromatic N) is 1. The molecule has 0 spiro atoms. The van der Waals surface area contributed by atoms with E-state index in [2.05, 4.69) is 11.8 Å². The fraction of sp³-hybridized carbons (Fsp3) is 0.571. The van der Waals surface area contributed by atoms with Crippen molar-refractivity contribution < 1.29 is 4.39 Å². The van der Waals surface area contributed by atoms with Gasteiger partial charge in [0, 0.05) is 12.1 Å². The summed E-state index contributed by atoms with van der Waals surface area (Å²) in [6.07, 6.45) is 4.75. The predicted molar refractivity (Wildman–Crippen MR) is 64.9 cm³/mol. The highest BCUT2D eigenvalue weighted by atomic mass is 19.1. The Kier molecular flexibility index (Phi) is 3.94. The van der Waals surface area contributed by atoms with Gasteiger partial charge in [-0.05, 0) is 44.0 Å². The van der Waals surface area contributed by atoms with E-state index < -0.39 is 0 Å². The van der Waals surface area contributed by atoms with Crippen LogP contribution >= 0.6 is 0 Å². The topological polar surface area (TPSA) is 3.24 Å². The lowest BCUT2D eigenvalue weighted by molar-refractivity contribution is 0.218. The average Bonchev–Trinajstić information content (AvgIpc) is 2.33. The molecule has 1 nitrogen and oxygen atoms in total. The Hall–Kier alpha value is -0.890. The molecule has 1 fully saturated rings. The van der Waals surface area contributed by atoms with Gasteiger partial charge in [-0.1, -0.05) is 25.5 Å². The van der Waals surface area contributed by atoms with Crippen LogP contribution in [0.25, 0.3) is 0 Å². The quantitative estimate of drug-likeness (QED) is 0.756. The van der Waals surface area contributed by atoms with Crippen molar-refractivity contribution in [3.05, 3.63) is 35.1 Å². The Balaban J connectivity index is 2.03. The fourth-order valence-corrected chi connectivity index (χ4v) is 2.30. The van der Waals surface area contributed by atoms with Gasteiger partial charge >= 0.3 is 0 Å². The van der Waals surface area contributed by atoms with Gasteiger partial charge in [-0.25, -0.2) is 4.39 Å². The van der Waals surface area contributed by atoms with Crippen LogP contribution in [0.2, 0.25) is 0 Å². The Morgan fingerprint density at radius 2 is 1.94 bits per heavy atom. The highest BCUT2D eigenvalue weighted by molar-refractivity contribution is 5.24. The van der Waals surface area contributed by atoms with Crippen LogP contribution in [-0.4, -0.2) is 18.0 Å². The Bertz CT molecular complexity index is 343. The zero-order valence-corrected chi connectivity index (χ0v) is 10.0. The van der Waals surface area contributed by atoms with Crippen molar-refractivity contribution >= 4 is 0 Å². The van der Waals surface area contributed by atoms with E-state index in [0.717, 1.165) is 37.2 Å². The van der Waals surface area contributed by atoms with Crippen LogP contribution in [0.15, 0.2) is 18.2 Å². The maximum atomic E-state index is 13.8. The van der Waals surface area contributed by atoms with Crippen molar-refractivity contribution in [1.29, 1.82) is 0 Å². The summed E-state index contributed by atoms with van der Waals surface area (Å²) in [6, 6.07) is 5.67. The summed E-state index contributed by atoms with van der Waals surface area (Å²) in [4.78, 5) is 2.35. The summed E-state index contributed by atoms with van der Waals surface area (Å²) in [5.74, 6) is -0.0371. The molecule has 0 saturated carbocycles. The predicted octanol–water partition coefficient (Wildman–Crippen LogP) is 3.37. The summed E-state index contributed by atoms with van der Waals surface area (Å²) in [5, 5.41) is 0. The van der Waals surface area contributed by atoms with Gasteiger partial charge < -0.3 is 0 Å². The lowest BCUT2D eigenvalue weighted by Gasteiger charge is -2.26. The standard InChI is InChI=1S/C14H20FN/c1-2-12-6-7-13(14(15)10-12)11-16-8-4-3-5-9-16/h6-7,10H,2-5,8-9,11H2,1H3. The van der Waals surface area contributed by atoms with Gasteiger partial charge in [-0.15, -0.1) is 0 Å². The molecule has 2 rings (SSSR count). The molecule has 0 atom stereocenters. The molecule has 1 aromatic carbocycles. The molecule has 1 aliphatic rings. The molecule has 16 heavy (non-hydrogen) atoms. The van der Waals surface area contributed by atoms with Gasteiger partial charge in [0.15, 0.2) is 0 Å². The van der Waals surface area contributed by atoms with E-state index in [1.165, 1.54) is 19.3 Å². The molecule has 88 valence electrons. The van der Waals surface area contributed by atoms with Gasteiger partial charge in [-0.3, -0.25) is 4.90 Å². The smallest absolute Gasteiger partial charge is 0.127 e. The summed E-state index contributed by atoms with van der Waals surface area (Å²) >= 11 is 0. The van der Waals surface area contributed by atoms with Gasteiger partial charge in [0.05, 0.1) is 0 Å². The molecule has 1 aliphatic heterocycles. The number of aryl methyl sites for hydroxylation is 1. The van der Waals surface area contributed by atoms with Crippen molar-refractivity contribution in [1.82, 2.24) is 4.90 Å². The first kappa shape index (κ1) is 11.6. The Labute approximate surface area is 97.3 Å². The van der Waals surface area contributed by atoms with Crippen LogP contribution in [0.1, 0.15) is 37.3 Å². The largest absolute Gasteiger partial charge is 0.299 e. The minimum Gasteiger partial charge on any atom is -0.299 e. The minimum atomic E-state index is -0.0371. The number of piperidine rings is 1. The van der Waals surface area contributed by atoms with Crippen molar-refractivity contribution in [3.8, 4) is 0 Å². The molecule has 1 heterocycles. The summed E-state index contributed by atoms with van der Waals surface area (Å²) < 4.78 is 13.8. The Morgan fingerprint density at radius 1 is 1.19 bits per heavy atom. The third kappa shape index (κ3) is 2.82. The van der Waals surface area contributed by atoms with Gasteiger partial charge in [0.25, 0.3) is 0 Å². The molecule has 0 aromatic heterocycles. The van der Waals surface area contributed by atoms with E-state index in [1.807, 2.05) is 12.1 Å². The lowest BCUT2D eigenvalue weighted by atomic mass is 10.1. The minimum absolute atomic E-state index is 0.0371. The first-order valence-electron chi connectivity index (χ1n) is 6.29. The number of rotatable bonds is 3. The molecule has 2 heteroatoms. The zero-order valence-electron chi connectivity index (χ0n) is 10.0. The highest BCUT2D eigenvalue weighted by Crippen LogP contribution is 2.16. The van der Waals surface area contributed by atoms with Gasteiger partial charge in [0.2, 0.25) is 0 Å². The number of hydrogen-bond donors (Lipinski definition) is 0. The van der Waals surface area contributed by atoms with E-state index in [9.17, 15) is 4.39 Å². The molecule has 0 aliphatic carbocycles. The third-order valence-corrected chi connectivity index (χ3v) is 3.37. The van der Waals surface area contributed by atoms with Crippen molar-refractivity contribution in [3.63, 3.8) is 0 Å². The first-order valence-corrected chi connectivity index (χ1v) is 6.29. The second-order valence-electron chi connectivity index (χ2n) is 4.62. The normalized spacial score (nSPS) is 17.6. The van der Waals surface area contributed by atoms with E-state index >= 15 is 0 Å². The maximum Gasteiger partial charge on any atom is 0.127 e. The van der Waals surface area contributed by atoms with Crippen molar-refractivity contribution in [2.24, 2.45) is 0 Å². The van der Waals surface area contributed by atoms with Gasteiger partial charge in [0.1, 0.15) is 5.82 Å². The second kappa shape index (κ2) is 5.44. The third-order valence-electron chi connectivity index (χ3n) is 3.37. The SMILES string of the molecule is CCc1ccc(CN2CCCCC2)c(F)c1. The maximum absolute atomic E-state index is 13.8. The van der Waals surface area contributed by atoms with Crippen LogP contribution in [0.3, 0.4) is 0 Å². The number of halogens is 1.